The van der Waals surface area contributed by atoms with Gasteiger partial charge in [0, 0.05) is 11.1 Å². The molecule has 2 rings (SSSR count). The molecule has 21 heavy (non-hydrogen) atoms. The summed E-state index contributed by atoms with van der Waals surface area (Å²) in [6.07, 6.45) is 0. The number of esters is 1. The van der Waals surface area contributed by atoms with Crippen LogP contribution in [0.2, 0.25) is 0 Å². The standard InChI is InChI=1S/C16H15NO4/c1-10-11(7-5-9-14(10)18)15(19)17-13-8-4-3-6-12(13)16(20)21-2/h3-9,18H,1-2H3,(H,17,19). The minimum atomic E-state index is -0.529. The Bertz CT molecular complexity index is 694. The number of anilines is 1. The van der Waals surface area contributed by atoms with Crippen LogP contribution in [0.4, 0.5) is 5.69 Å². The molecule has 0 heterocycles. The third-order valence-electron chi connectivity index (χ3n) is 3.13. The minimum absolute atomic E-state index is 0.0453. The van der Waals surface area contributed by atoms with Crippen molar-refractivity contribution in [3.05, 3.63) is 59.2 Å². The summed E-state index contributed by atoms with van der Waals surface area (Å²) in [5.41, 5.74) is 1.45. The molecule has 5 heteroatoms. The van der Waals surface area contributed by atoms with Crippen molar-refractivity contribution in [3.8, 4) is 5.75 Å². The Hall–Kier alpha value is -2.82. The van der Waals surface area contributed by atoms with Crippen LogP contribution in [-0.4, -0.2) is 24.1 Å². The molecule has 0 fully saturated rings. The lowest BCUT2D eigenvalue weighted by molar-refractivity contribution is 0.0602. The van der Waals surface area contributed by atoms with Gasteiger partial charge >= 0.3 is 5.97 Å². The van der Waals surface area contributed by atoms with Gasteiger partial charge in [-0.3, -0.25) is 4.79 Å². The Morgan fingerprint density at radius 1 is 1.05 bits per heavy atom. The number of ether oxygens (including phenoxy) is 1. The van der Waals surface area contributed by atoms with E-state index in [1.165, 1.54) is 13.2 Å². The van der Waals surface area contributed by atoms with Gasteiger partial charge in [0.25, 0.3) is 5.91 Å². The molecule has 5 nitrogen and oxygen atoms in total. The van der Waals surface area contributed by atoms with Crippen molar-refractivity contribution in [3.63, 3.8) is 0 Å². The largest absolute Gasteiger partial charge is 0.508 e. The van der Waals surface area contributed by atoms with Crippen LogP contribution in [0.25, 0.3) is 0 Å². The lowest BCUT2D eigenvalue weighted by Crippen LogP contribution is -2.16. The second-order valence-corrected chi connectivity index (χ2v) is 4.44. The maximum Gasteiger partial charge on any atom is 0.339 e. The van der Waals surface area contributed by atoms with Crippen LogP contribution in [-0.2, 0) is 4.74 Å². The molecule has 0 unspecified atom stereocenters. The maximum atomic E-state index is 12.3. The van der Waals surface area contributed by atoms with Gasteiger partial charge in [0.1, 0.15) is 5.75 Å². The summed E-state index contributed by atoms with van der Waals surface area (Å²) in [4.78, 5) is 23.9. The number of rotatable bonds is 3. The third kappa shape index (κ3) is 3.02. The zero-order valence-corrected chi connectivity index (χ0v) is 11.7. The molecule has 2 aromatic rings. The highest BCUT2D eigenvalue weighted by Gasteiger charge is 2.16. The smallest absolute Gasteiger partial charge is 0.339 e. The molecule has 2 aromatic carbocycles. The van der Waals surface area contributed by atoms with Crippen molar-refractivity contribution < 1.29 is 19.4 Å². The SMILES string of the molecule is COC(=O)c1ccccc1NC(=O)c1cccc(O)c1C. The number of aromatic hydroxyl groups is 1. The first-order valence-corrected chi connectivity index (χ1v) is 6.32. The van der Waals surface area contributed by atoms with Crippen LogP contribution in [0.5, 0.6) is 5.75 Å². The van der Waals surface area contributed by atoms with Gasteiger partial charge in [-0.25, -0.2) is 4.79 Å². The lowest BCUT2D eigenvalue weighted by Gasteiger charge is -2.11. The summed E-state index contributed by atoms with van der Waals surface area (Å²) in [6, 6.07) is 11.3. The fourth-order valence-corrected chi connectivity index (χ4v) is 1.94. The number of hydrogen-bond donors (Lipinski definition) is 2. The van der Waals surface area contributed by atoms with Crippen LogP contribution >= 0.6 is 0 Å². The number of carbonyl (C=O) groups is 2. The Morgan fingerprint density at radius 2 is 1.71 bits per heavy atom. The molecule has 108 valence electrons. The van der Waals surface area contributed by atoms with E-state index in [0.29, 0.717) is 16.8 Å². The predicted octanol–water partition coefficient (Wildman–Crippen LogP) is 2.74. The van der Waals surface area contributed by atoms with Gasteiger partial charge in [-0.15, -0.1) is 0 Å². The molecule has 0 aliphatic carbocycles. The molecule has 0 radical (unpaired) electrons. The van der Waals surface area contributed by atoms with Gasteiger partial charge in [0.2, 0.25) is 0 Å². The summed E-state index contributed by atoms with van der Waals surface area (Å²) >= 11 is 0. The second kappa shape index (κ2) is 6.09. The van der Waals surface area contributed by atoms with Crippen molar-refractivity contribution in [2.24, 2.45) is 0 Å². The Kier molecular flexibility index (Phi) is 4.23. The third-order valence-corrected chi connectivity index (χ3v) is 3.13. The first kappa shape index (κ1) is 14.6. The minimum Gasteiger partial charge on any atom is -0.508 e. The van der Waals surface area contributed by atoms with Gasteiger partial charge in [0.15, 0.2) is 0 Å². The number of phenols is 1. The van der Waals surface area contributed by atoms with E-state index >= 15 is 0 Å². The summed E-state index contributed by atoms with van der Waals surface area (Å²) in [6.45, 7) is 1.65. The van der Waals surface area contributed by atoms with Gasteiger partial charge in [0.05, 0.1) is 18.4 Å². The average Bonchev–Trinajstić information content (AvgIpc) is 2.49. The Morgan fingerprint density at radius 3 is 2.43 bits per heavy atom. The first-order valence-electron chi connectivity index (χ1n) is 6.32. The predicted molar refractivity (Wildman–Crippen MR) is 78.6 cm³/mol. The van der Waals surface area contributed by atoms with Gasteiger partial charge < -0.3 is 15.2 Å². The van der Waals surface area contributed by atoms with Gasteiger partial charge in [-0.1, -0.05) is 18.2 Å². The van der Waals surface area contributed by atoms with E-state index in [9.17, 15) is 14.7 Å². The van der Waals surface area contributed by atoms with Crippen molar-refractivity contribution in [1.29, 1.82) is 0 Å². The van der Waals surface area contributed by atoms with Gasteiger partial charge in [-0.2, -0.15) is 0 Å². The van der Waals surface area contributed by atoms with Crippen molar-refractivity contribution in [2.45, 2.75) is 6.92 Å². The van der Waals surface area contributed by atoms with E-state index in [1.807, 2.05) is 0 Å². The molecular weight excluding hydrogens is 270 g/mol. The molecule has 0 bridgehead atoms. The van der Waals surface area contributed by atoms with E-state index in [1.54, 1.807) is 43.3 Å². The quantitative estimate of drug-likeness (QED) is 0.850. The van der Waals surface area contributed by atoms with E-state index in [0.717, 1.165) is 0 Å². The highest BCUT2D eigenvalue weighted by molar-refractivity contribution is 6.08. The normalized spacial score (nSPS) is 10.0. The van der Waals surface area contributed by atoms with Crippen molar-refractivity contribution in [2.75, 3.05) is 12.4 Å². The molecule has 0 aromatic heterocycles. The molecule has 0 atom stereocenters. The number of amides is 1. The van der Waals surface area contributed by atoms with Crippen LogP contribution in [0.1, 0.15) is 26.3 Å². The molecule has 0 spiro atoms. The average molecular weight is 285 g/mol. The monoisotopic (exact) mass is 285 g/mol. The Labute approximate surface area is 122 Å². The van der Waals surface area contributed by atoms with Gasteiger partial charge in [-0.05, 0) is 31.2 Å². The molecule has 1 amide bonds. The van der Waals surface area contributed by atoms with E-state index in [2.05, 4.69) is 10.1 Å². The summed E-state index contributed by atoms with van der Waals surface area (Å²) in [5.74, 6) is -0.887. The fourth-order valence-electron chi connectivity index (χ4n) is 1.94. The molecule has 0 aliphatic heterocycles. The van der Waals surface area contributed by atoms with E-state index < -0.39 is 11.9 Å². The van der Waals surface area contributed by atoms with Crippen LogP contribution in [0.3, 0.4) is 0 Å². The number of carbonyl (C=O) groups excluding carboxylic acids is 2. The zero-order chi connectivity index (χ0) is 15.4. The van der Waals surface area contributed by atoms with Crippen molar-refractivity contribution in [1.82, 2.24) is 0 Å². The Balaban J connectivity index is 2.32. The van der Waals surface area contributed by atoms with Crippen LogP contribution in [0, 0.1) is 6.92 Å². The topological polar surface area (TPSA) is 75.6 Å². The summed E-state index contributed by atoms with van der Waals surface area (Å²) in [7, 11) is 1.28. The number of methoxy groups -OCH3 is 1. The van der Waals surface area contributed by atoms with Crippen molar-refractivity contribution >= 4 is 17.6 Å². The summed E-state index contributed by atoms with van der Waals surface area (Å²) < 4.78 is 4.68. The number of phenolic OH excluding ortho intramolecular Hbond substituents is 1. The first-order chi connectivity index (χ1) is 10.0. The number of benzene rings is 2. The number of nitrogens with one attached hydrogen (secondary N) is 1. The lowest BCUT2D eigenvalue weighted by atomic mass is 10.1. The molecule has 0 aliphatic rings. The number of para-hydroxylation sites is 1. The fraction of sp³-hybridized carbons (Fsp3) is 0.125. The second-order valence-electron chi connectivity index (χ2n) is 4.44. The number of hydrogen-bond acceptors (Lipinski definition) is 4. The van der Waals surface area contributed by atoms with Crippen LogP contribution in [0.15, 0.2) is 42.5 Å². The van der Waals surface area contributed by atoms with E-state index in [4.69, 9.17) is 0 Å². The highest BCUT2D eigenvalue weighted by Crippen LogP contribution is 2.22. The molecule has 0 saturated carbocycles. The maximum absolute atomic E-state index is 12.3. The zero-order valence-electron chi connectivity index (χ0n) is 11.7. The molecule has 2 N–H and O–H groups in total. The van der Waals surface area contributed by atoms with E-state index in [-0.39, 0.29) is 11.3 Å². The summed E-state index contributed by atoms with van der Waals surface area (Å²) in [5, 5.41) is 12.3. The molecule has 0 saturated heterocycles. The highest BCUT2D eigenvalue weighted by atomic mass is 16.5. The van der Waals surface area contributed by atoms with Crippen LogP contribution < -0.4 is 5.32 Å². The molecular formula is C16H15NO4.